The summed E-state index contributed by atoms with van der Waals surface area (Å²) in [4.78, 5) is 2.39. The van der Waals surface area contributed by atoms with E-state index in [0.29, 0.717) is 0 Å². The molecular weight excluding hydrogens is 687 g/mol. The first-order valence-corrected chi connectivity index (χ1v) is 19.5. The van der Waals surface area contributed by atoms with Crippen LogP contribution in [0.25, 0.3) is 86.3 Å². The van der Waals surface area contributed by atoms with Gasteiger partial charge in [0.05, 0.1) is 16.1 Å². The molecule has 0 radical (unpaired) electrons. The first-order valence-electron chi connectivity index (χ1n) is 18.7. The van der Waals surface area contributed by atoms with Crippen molar-refractivity contribution >= 4 is 81.3 Å². The van der Waals surface area contributed by atoms with Gasteiger partial charge in [0.15, 0.2) is 5.58 Å². The molecule has 0 aliphatic heterocycles. The average Bonchev–Trinajstić information content (AvgIpc) is 3.84. The van der Waals surface area contributed by atoms with Crippen LogP contribution in [-0.4, -0.2) is 0 Å². The molecule has 2 nitrogen and oxygen atoms in total. The summed E-state index contributed by atoms with van der Waals surface area (Å²) in [5, 5.41) is 7.23. The summed E-state index contributed by atoms with van der Waals surface area (Å²) in [5.74, 6) is 0. The molecule has 0 saturated heterocycles. The quantitative estimate of drug-likeness (QED) is 0.170. The molecule has 0 unspecified atom stereocenters. The minimum Gasteiger partial charge on any atom is -0.453 e. The van der Waals surface area contributed by atoms with Crippen molar-refractivity contribution in [1.82, 2.24) is 0 Å². The zero-order valence-corrected chi connectivity index (χ0v) is 30.6. The molecule has 258 valence electrons. The maximum absolute atomic E-state index is 7.01. The molecule has 0 aliphatic carbocycles. The van der Waals surface area contributed by atoms with E-state index in [9.17, 15) is 0 Å². The van der Waals surface area contributed by atoms with E-state index in [-0.39, 0.29) is 0 Å². The van der Waals surface area contributed by atoms with Gasteiger partial charge in [-0.1, -0.05) is 170 Å². The minimum absolute atomic E-state index is 0.866. The summed E-state index contributed by atoms with van der Waals surface area (Å²) in [5.41, 5.74) is 12.0. The van der Waals surface area contributed by atoms with E-state index in [1.54, 1.807) is 0 Å². The summed E-state index contributed by atoms with van der Waals surface area (Å²) in [6, 6.07) is 71.9. The van der Waals surface area contributed by atoms with Crippen molar-refractivity contribution < 1.29 is 4.42 Å². The summed E-state index contributed by atoms with van der Waals surface area (Å²) in [7, 11) is 0. The van der Waals surface area contributed by atoms with E-state index >= 15 is 0 Å². The SMILES string of the molecule is c1ccc(-c2ccc(-c3ccc(N(c4cccc5c4oc4c(-c6ccccc6)cccc45)c4cccc5c4sc4ccccc45)cc3)c3ccccc23)cc1. The second-order valence-corrected chi connectivity index (χ2v) is 15.1. The first kappa shape index (κ1) is 31.6. The van der Waals surface area contributed by atoms with Gasteiger partial charge in [-0.3, -0.25) is 0 Å². The molecule has 9 aromatic carbocycles. The lowest BCUT2D eigenvalue weighted by Crippen LogP contribution is -2.10. The molecule has 2 heterocycles. The van der Waals surface area contributed by atoms with E-state index in [0.717, 1.165) is 50.1 Å². The van der Waals surface area contributed by atoms with E-state index in [1.165, 1.54) is 53.2 Å². The van der Waals surface area contributed by atoms with Crippen LogP contribution in [-0.2, 0) is 0 Å². The topological polar surface area (TPSA) is 16.4 Å². The van der Waals surface area contributed by atoms with Gasteiger partial charge in [-0.25, -0.2) is 0 Å². The minimum atomic E-state index is 0.866. The van der Waals surface area contributed by atoms with Crippen molar-refractivity contribution in [3.05, 3.63) is 200 Å². The third-order valence-corrected chi connectivity index (χ3v) is 12.1. The van der Waals surface area contributed by atoms with Gasteiger partial charge in [-0.05, 0) is 68.9 Å². The standard InChI is InChI=1S/C52H33NOS/c1-3-14-34(15-4-1)38-32-33-39(42-19-8-7-18-41(38)42)36-28-30-37(31-29-36)53(48-26-13-24-46-43-20-9-10-27-49(43)55-52(46)48)47-25-12-23-45-44-22-11-21-40(50(44)54-51(45)47)35-16-5-2-6-17-35/h1-33H. The van der Waals surface area contributed by atoms with Crippen molar-refractivity contribution in [3.8, 4) is 33.4 Å². The number of benzene rings is 9. The molecule has 0 amide bonds. The van der Waals surface area contributed by atoms with Crippen LogP contribution < -0.4 is 4.90 Å². The van der Waals surface area contributed by atoms with Crippen LogP contribution in [0.5, 0.6) is 0 Å². The molecular formula is C52H33NOS. The van der Waals surface area contributed by atoms with Crippen LogP contribution >= 0.6 is 11.3 Å². The fourth-order valence-corrected chi connectivity index (χ4v) is 9.56. The van der Waals surface area contributed by atoms with E-state index in [2.05, 4.69) is 205 Å². The molecule has 0 aliphatic rings. The molecule has 0 N–H and O–H groups in total. The molecule has 0 saturated carbocycles. The van der Waals surface area contributed by atoms with Crippen molar-refractivity contribution in [2.45, 2.75) is 0 Å². The smallest absolute Gasteiger partial charge is 0.159 e. The maximum atomic E-state index is 7.01. The summed E-state index contributed by atoms with van der Waals surface area (Å²) in [6.07, 6.45) is 0. The Morgan fingerprint density at radius 1 is 0.327 bits per heavy atom. The molecule has 3 heteroatoms. The second-order valence-electron chi connectivity index (χ2n) is 14.0. The molecule has 55 heavy (non-hydrogen) atoms. The highest BCUT2D eigenvalue weighted by atomic mass is 32.1. The van der Waals surface area contributed by atoms with Gasteiger partial charge < -0.3 is 9.32 Å². The number of fused-ring (bicyclic) bond motifs is 7. The van der Waals surface area contributed by atoms with Crippen LogP contribution in [0.2, 0.25) is 0 Å². The normalized spacial score (nSPS) is 11.6. The second kappa shape index (κ2) is 12.9. The molecule has 0 bridgehead atoms. The zero-order valence-electron chi connectivity index (χ0n) is 29.8. The van der Waals surface area contributed by atoms with Crippen LogP contribution in [0.15, 0.2) is 205 Å². The Morgan fingerprint density at radius 3 is 1.53 bits per heavy atom. The van der Waals surface area contributed by atoms with Gasteiger partial charge in [0.1, 0.15) is 5.58 Å². The Bertz CT molecular complexity index is 3190. The highest BCUT2D eigenvalue weighted by Crippen LogP contribution is 2.48. The largest absolute Gasteiger partial charge is 0.453 e. The highest BCUT2D eigenvalue weighted by molar-refractivity contribution is 7.26. The highest BCUT2D eigenvalue weighted by Gasteiger charge is 2.23. The summed E-state index contributed by atoms with van der Waals surface area (Å²) < 4.78 is 9.54. The maximum Gasteiger partial charge on any atom is 0.159 e. The molecule has 11 rings (SSSR count). The van der Waals surface area contributed by atoms with Gasteiger partial charge in [-0.2, -0.15) is 0 Å². The van der Waals surface area contributed by atoms with Gasteiger partial charge in [0, 0.05) is 37.5 Å². The average molecular weight is 720 g/mol. The van der Waals surface area contributed by atoms with Crippen molar-refractivity contribution in [2.75, 3.05) is 4.90 Å². The Hall–Kier alpha value is -6.94. The number of para-hydroxylation sites is 2. The van der Waals surface area contributed by atoms with Crippen molar-refractivity contribution in [2.24, 2.45) is 0 Å². The van der Waals surface area contributed by atoms with Crippen LogP contribution in [0.1, 0.15) is 0 Å². The predicted octanol–water partition coefficient (Wildman–Crippen LogP) is 15.6. The molecule has 11 aromatic rings. The van der Waals surface area contributed by atoms with E-state index in [4.69, 9.17) is 4.42 Å². The Kier molecular flexibility index (Phi) is 7.39. The van der Waals surface area contributed by atoms with Crippen LogP contribution in [0.3, 0.4) is 0 Å². The van der Waals surface area contributed by atoms with E-state index in [1.807, 2.05) is 11.3 Å². The number of hydrogen-bond donors (Lipinski definition) is 0. The third kappa shape index (κ3) is 5.16. The lowest BCUT2D eigenvalue weighted by atomic mass is 9.92. The van der Waals surface area contributed by atoms with Gasteiger partial charge in [0.25, 0.3) is 0 Å². The van der Waals surface area contributed by atoms with Crippen molar-refractivity contribution in [3.63, 3.8) is 0 Å². The van der Waals surface area contributed by atoms with Crippen LogP contribution in [0.4, 0.5) is 17.1 Å². The van der Waals surface area contributed by atoms with Crippen molar-refractivity contribution in [1.29, 1.82) is 0 Å². The molecule has 2 aromatic heterocycles. The van der Waals surface area contributed by atoms with Gasteiger partial charge >= 0.3 is 0 Å². The Labute approximate surface area is 322 Å². The number of furan rings is 1. The number of anilines is 3. The third-order valence-electron chi connectivity index (χ3n) is 10.9. The summed E-state index contributed by atoms with van der Waals surface area (Å²) >= 11 is 1.84. The van der Waals surface area contributed by atoms with Gasteiger partial charge in [-0.15, -0.1) is 11.3 Å². The Balaban J connectivity index is 1.12. The lowest BCUT2D eigenvalue weighted by molar-refractivity contribution is 0.670. The number of nitrogens with zero attached hydrogens (tertiary/aromatic N) is 1. The number of thiophene rings is 1. The number of hydrogen-bond acceptors (Lipinski definition) is 3. The van der Waals surface area contributed by atoms with E-state index < -0.39 is 0 Å². The summed E-state index contributed by atoms with van der Waals surface area (Å²) in [6.45, 7) is 0. The zero-order chi connectivity index (χ0) is 36.3. The molecule has 0 fully saturated rings. The van der Waals surface area contributed by atoms with Gasteiger partial charge in [0.2, 0.25) is 0 Å². The molecule has 0 spiro atoms. The fraction of sp³-hybridized carbons (Fsp3) is 0. The van der Waals surface area contributed by atoms with Crippen LogP contribution in [0, 0.1) is 0 Å². The lowest BCUT2D eigenvalue weighted by Gasteiger charge is -2.26. The molecule has 0 atom stereocenters. The monoisotopic (exact) mass is 719 g/mol. The Morgan fingerprint density at radius 2 is 0.836 bits per heavy atom. The fourth-order valence-electron chi connectivity index (χ4n) is 8.35. The number of rotatable bonds is 6. The predicted molar refractivity (Wildman–Crippen MR) is 235 cm³/mol. The first-order chi connectivity index (χ1) is 27.3.